The summed E-state index contributed by atoms with van der Waals surface area (Å²) in [5.41, 5.74) is 2.18. The van der Waals surface area contributed by atoms with Gasteiger partial charge in [-0.2, -0.15) is 5.26 Å². The molecule has 1 aliphatic carbocycles. The Kier molecular flexibility index (Phi) is 3.82. The van der Waals surface area contributed by atoms with E-state index in [2.05, 4.69) is 37.4 Å². The molecule has 2 rings (SSSR count). The van der Waals surface area contributed by atoms with Crippen LogP contribution in [0.25, 0.3) is 0 Å². The van der Waals surface area contributed by atoms with Gasteiger partial charge in [-0.05, 0) is 43.0 Å². The van der Waals surface area contributed by atoms with Crippen LogP contribution >= 0.6 is 0 Å². The Morgan fingerprint density at radius 3 is 2.47 bits per heavy atom. The standard InChI is InChI=1S/C16H22N2O/c1-11(2)13-9-12(5-6-14(13)19-4)15(18-3)16(10-17)7-8-16/h5-6,9,11,15,18H,7-8H2,1-4H3. The zero-order chi connectivity index (χ0) is 14.0. The number of nitrogens with zero attached hydrogens (tertiary/aromatic N) is 1. The van der Waals surface area contributed by atoms with Crippen LogP contribution in [0, 0.1) is 16.7 Å². The van der Waals surface area contributed by atoms with E-state index in [-0.39, 0.29) is 11.5 Å². The van der Waals surface area contributed by atoms with Crippen molar-refractivity contribution in [1.82, 2.24) is 5.32 Å². The molecule has 0 radical (unpaired) electrons. The van der Waals surface area contributed by atoms with E-state index in [9.17, 15) is 5.26 Å². The highest BCUT2D eigenvalue weighted by Crippen LogP contribution is 2.54. The number of rotatable bonds is 5. The molecule has 1 unspecified atom stereocenters. The first-order valence-electron chi connectivity index (χ1n) is 6.84. The molecule has 1 fully saturated rings. The van der Waals surface area contributed by atoms with Gasteiger partial charge in [-0.1, -0.05) is 26.0 Å². The van der Waals surface area contributed by atoms with Crippen molar-refractivity contribution in [3.05, 3.63) is 29.3 Å². The van der Waals surface area contributed by atoms with Crippen molar-refractivity contribution in [3.8, 4) is 11.8 Å². The molecule has 0 amide bonds. The fourth-order valence-corrected chi connectivity index (χ4v) is 2.75. The van der Waals surface area contributed by atoms with Crippen molar-refractivity contribution < 1.29 is 4.74 Å². The van der Waals surface area contributed by atoms with Crippen molar-refractivity contribution >= 4 is 0 Å². The fraction of sp³-hybridized carbons (Fsp3) is 0.562. The number of nitriles is 1. The summed E-state index contributed by atoms with van der Waals surface area (Å²) in [7, 11) is 3.63. The van der Waals surface area contributed by atoms with Crippen LogP contribution in [0.2, 0.25) is 0 Å². The van der Waals surface area contributed by atoms with Crippen LogP contribution in [0.3, 0.4) is 0 Å². The van der Waals surface area contributed by atoms with Crippen LogP contribution in [0.4, 0.5) is 0 Å². The first-order valence-corrected chi connectivity index (χ1v) is 6.84. The molecule has 0 aromatic heterocycles. The summed E-state index contributed by atoms with van der Waals surface area (Å²) in [6, 6.07) is 8.87. The van der Waals surface area contributed by atoms with Crippen LogP contribution in [-0.2, 0) is 0 Å². The van der Waals surface area contributed by atoms with Crippen LogP contribution in [-0.4, -0.2) is 14.2 Å². The average molecular weight is 258 g/mol. The molecule has 0 heterocycles. The molecule has 1 saturated carbocycles. The summed E-state index contributed by atoms with van der Waals surface area (Å²) in [6.45, 7) is 4.32. The zero-order valence-electron chi connectivity index (χ0n) is 12.2. The van der Waals surface area contributed by atoms with E-state index in [1.54, 1.807) is 7.11 Å². The average Bonchev–Trinajstić information content (AvgIpc) is 3.20. The van der Waals surface area contributed by atoms with Crippen LogP contribution in [0.5, 0.6) is 5.75 Å². The third-order valence-corrected chi connectivity index (χ3v) is 4.06. The second-order valence-corrected chi connectivity index (χ2v) is 5.65. The lowest BCUT2D eigenvalue weighted by atomic mass is 9.88. The highest BCUT2D eigenvalue weighted by atomic mass is 16.5. The quantitative estimate of drug-likeness (QED) is 0.880. The van der Waals surface area contributed by atoms with Crippen molar-refractivity contribution in [2.75, 3.05) is 14.2 Å². The maximum atomic E-state index is 9.38. The maximum Gasteiger partial charge on any atom is 0.122 e. The zero-order valence-corrected chi connectivity index (χ0v) is 12.2. The minimum Gasteiger partial charge on any atom is -0.496 e. The second-order valence-electron chi connectivity index (χ2n) is 5.65. The summed E-state index contributed by atoms with van der Waals surface area (Å²) in [4.78, 5) is 0. The van der Waals surface area contributed by atoms with E-state index in [0.29, 0.717) is 5.92 Å². The summed E-state index contributed by atoms with van der Waals surface area (Å²) in [6.07, 6.45) is 1.97. The van der Waals surface area contributed by atoms with E-state index in [1.807, 2.05) is 13.1 Å². The van der Waals surface area contributed by atoms with Gasteiger partial charge in [0.25, 0.3) is 0 Å². The largest absolute Gasteiger partial charge is 0.496 e. The van der Waals surface area contributed by atoms with E-state index in [1.165, 1.54) is 11.1 Å². The Morgan fingerprint density at radius 1 is 1.37 bits per heavy atom. The number of hydrogen-bond acceptors (Lipinski definition) is 3. The summed E-state index contributed by atoms with van der Waals surface area (Å²) >= 11 is 0. The SMILES string of the molecule is CNC(c1ccc(OC)c(C(C)C)c1)C1(C#N)CC1. The molecule has 1 N–H and O–H groups in total. The Bertz CT molecular complexity index is 498. The summed E-state index contributed by atoms with van der Waals surface area (Å²) < 4.78 is 5.42. The maximum absolute atomic E-state index is 9.38. The smallest absolute Gasteiger partial charge is 0.122 e. The topological polar surface area (TPSA) is 45.0 Å². The summed E-state index contributed by atoms with van der Waals surface area (Å²) in [5, 5.41) is 12.7. The van der Waals surface area contributed by atoms with Gasteiger partial charge in [0.05, 0.1) is 24.6 Å². The lowest BCUT2D eigenvalue weighted by Gasteiger charge is -2.23. The lowest BCUT2D eigenvalue weighted by molar-refractivity contribution is 0.405. The number of methoxy groups -OCH3 is 1. The van der Waals surface area contributed by atoms with Gasteiger partial charge in [0.1, 0.15) is 5.75 Å². The van der Waals surface area contributed by atoms with Gasteiger partial charge in [0.15, 0.2) is 0 Å². The molecule has 1 aromatic carbocycles. The van der Waals surface area contributed by atoms with Gasteiger partial charge >= 0.3 is 0 Å². The Labute approximate surface area is 115 Å². The highest BCUT2D eigenvalue weighted by molar-refractivity contribution is 5.42. The van der Waals surface area contributed by atoms with Gasteiger partial charge in [-0.15, -0.1) is 0 Å². The highest BCUT2D eigenvalue weighted by Gasteiger charge is 2.50. The Hall–Kier alpha value is -1.53. The number of nitrogens with one attached hydrogen (secondary N) is 1. The van der Waals surface area contributed by atoms with Crippen molar-refractivity contribution in [2.45, 2.75) is 38.6 Å². The normalized spacial score (nSPS) is 17.9. The number of ether oxygens (including phenoxy) is 1. The van der Waals surface area contributed by atoms with Gasteiger partial charge in [0.2, 0.25) is 0 Å². The van der Waals surface area contributed by atoms with E-state index < -0.39 is 0 Å². The number of benzene rings is 1. The molecular formula is C16H22N2O. The molecule has 1 aliphatic rings. The molecule has 19 heavy (non-hydrogen) atoms. The molecule has 3 nitrogen and oxygen atoms in total. The fourth-order valence-electron chi connectivity index (χ4n) is 2.75. The molecule has 102 valence electrons. The first-order chi connectivity index (χ1) is 9.07. The van der Waals surface area contributed by atoms with Crippen LogP contribution in [0.15, 0.2) is 18.2 Å². The molecule has 3 heteroatoms. The third kappa shape index (κ3) is 2.46. The molecule has 0 saturated heterocycles. The lowest BCUT2D eigenvalue weighted by Crippen LogP contribution is -2.25. The van der Waals surface area contributed by atoms with Crippen molar-refractivity contribution in [2.24, 2.45) is 5.41 Å². The van der Waals surface area contributed by atoms with E-state index >= 15 is 0 Å². The third-order valence-electron chi connectivity index (χ3n) is 4.06. The van der Waals surface area contributed by atoms with E-state index in [4.69, 9.17) is 4.74 Å². The Morgan fingerprint density at radius 2 is 2.05 bits per heavy atom. The van der Waals surface area contributed by atoms with Gasteiger partial charge in [-0.3, -0.25) is 0 Å². The minimum atomic E-state index is -0.211. The predicted octanol–water partition coefficient (Wildman–Crippen LogP) is 3.38. The van der Waals surface area contributed by atoms with Crippen LogP contribution in [0.1, 0.15) is 49.8 Å². The molecule has 0 spiro atoms. The molecular weight excluding hydrogens is 236 g/mol. The van der Waals surface area contributed by atoms with Crippen molar-refractivity contribution in [1.29, 1.82) is 5.26 Å². The van der Waals surface area contributed by atoms with Gasteiger partial charge in [-0.25, -0.2) is 0 Å². The molecule has 1 atom stereocenters. The predicted molar refractivity (Wildman–Crippen MR) is 76.2 cm³/mol. The van der Waals surface area contributed by atoms with Crippen LogP contribution < -0.4 is 10.1 Å². The summed E-state index contributed by atoms with van der Waals surface area (Å²) in [5.74, 6) is 1.33. The second kappa shape index (κ2) is 5.22. The number of hydrogen-bond donors (Lipinski definition) is 1. The monoisotopic (exact) mass is 258 g/mol. The molecule has 1 aromatic rings. The van der Waals surface area contributed by atoms with Crippen molar-refractivity contribution in [3.63, 3.8) is 0 Å². The molecule has 0 aliphatic heterocycles. The Balaban J connectivity index is 2.40. The van der Waals surface area contributed by atoms with Gasteiger partial charge < -0.3 is 10.1 Å². The minimum absolute atomic E-state index is 0.112. The molecule has 0 bridgehead atoms. The van der Waals surface area contributed by atoms with Gasteiger partial charge in [0, 0.05) is 0 Å². The first kappa shape index (κ1) is 13.9. The van der Waals surface area contributed by atoms with E-state index in [0.717, 1.165) is 18.6 Å².